The van der Waals surface area contributed by atoms with Crippen LogP contribution in [0.2, 0.25) is 0 Å². The van der Waals surface area contributed by atoms with Gasteiger partial charge in [-0.1, -0.05) is 12.1 Å². The molecule has 1 aromatic carbocycles. The van der Waals surface area contributed by atoms with Crippen LogP contribution in [0.3, 0.4) is 0 Å². The molecule has 1 saturated heterocycles. The van der Waals surface area contributed by atoms with Gasteiger partial charge in [-0.3, -0.25) is 14.4 Å². The van der Waals surface area contributed by atoms with Gasteiger partial charge in [0.1, 0.15) is 0 Å². The van der Waals surface area contributed by atoms with Gasteiger partial charge in [0.15, 0.2) is 0 Å². The smallest absolute Gasteiger partial charge is 0.239 e. The van der Waals surface area contributed by atoms with E-state index in [0.29, 0.717) is 6.42 Å². The Morgan fingerprint density at radius 3 is 2.78 bits per heavy atom. The van der Waals surface area contributed by atoms with E-state index in [1.54, 1.807) is 4.90 Å². The summed E-state index contributed by atoms with van der Waals surface area (Å²) in [6.07, 6.45) is 1.45. The van der Waals surface area contributed by atoms with Gasteiger partial charge in [-0.2, -0.15) is 0 Å². The summed E-state index contributed by atoms with van der Waals surface area (Å²) in [5.74, 6) is -0.535. The Kier molecular flexibility index (Phi) is 5.70. The molecule has 7 nitrogen and oxygen atoms in total. The van der Waals surface area contributed by atoms with E-state index in [0.717, 1.165) is 24.2 Å². The molecule has 1 heterocycles. The number of carbonyl (C=O) groups is 3. The van der Waals surface area contributed by atoms with Crippen LogP contribution in [-0.4, -0.2) is 37.4 Å². The van der Waals surface area contributed by atoms with Crippen molar-refractivity contribution in [3.8, 4) is 0 Å². The fraction of sp³-hybridized carbons (Fsp3) is 0.438. The zero-order chi connectivity index (χ0) is 16.8. The van der Waals surface area contributed by atoms with Gasteiger partial charge >= 0.3 is 0 Å². The standard InChI is InChI=1S/C16H22N4O3/c1-11(19-15(22)10-18-14(21)9-17)12-4-2-5-13(8-12)20-7-3-6-16(20)23/h2,4-5,8,11H,3,6-7,9-10,17H2,1H3,(H,18,21)(H,19,22). The Morgan fingerprint density at radius 2 is 2.13 bits per heavy atom. The van der Waals surface area contributed by atoms with Crippen molar-refractivity contribution in [2.45, 2.75) is 25.8 Å². The maximum Gasteiger partial charge on any atom is 0.239 e. The third kappa shape index (κ3) is 4.53. The summed E-state index contributed by atoms with van der Waals surface area (Å²) in [6, 6.07) is 7.34. The van der Waals surface area contributed by atoms with Gasteiger partial charge in [0, 0.05) is 18.7 Å². The number of hydrogen-bond donors (Lipinski definition) is 3. The highest BCUT2D eigenvalue weighted by Gasteiger charge is 2.22. The zero-order valence-electron chi connectivity index (χ0n) is 13.2. The largest absolute Gasteiger partial charge is 0.348 e. The molecule has 0 aliphatic carbocycles. The fourth-order valence-electron chi connectivity index (χ4n) is 2.51. The van der Waals surface area contributed by atoms with Gasteiger partial charge in [-0.15, -0.1) is 0 Å². The second kappa shape index (κ2) is 7.73. The summed E-state index contributed by atoms with van der Waals surface area (Å²) < 4.78 is 0. The molecule has 3 amide bonds. The van der Waals surface area contributed by atoms with Gasteiger partial charge < -0.3 is 21.3 Å². The molecule has 1 aliphatic rings. The lowest BCUT2D eigenvalue weighted by molar-refractivity contribution is -0.125. The molecule has 1 atom stereocenters. The van der Waals surface area contributed by atoms with Crippen molar-refractivity contribution in [2.75, 3.05) is 24.5 Å². The Bertz CT molecular complexity index is 603. The first kappa shape index (κ1) is 17.0. The molecule has 1 aromatic rings. The summed E-state index contributed by atoms with van der Waals surface area (Å²) in [5, 5.41) is 5.23. The van der Waals surface area contributed by atoms with Crippen LogP contribution in [0.25, 0.3) is 0 Å². The molecule has 0 spiro atoms. The second-order valence-corrected chi connectivity index (χ2v) is 5.51. The van der Waals surface area contributed by atoms with E-state index in [1.807, 2.05) is 31.2 Å². The van der Waals surface area contributed by atoms with Crippen molar-refractivity contribution < 1.29 is 14.4 Å². The average Bonchev–Trinajstić information content (AvgIpc) is 2.98. The van der Waals surface area contributed by atoms with E-state index in [1.165, 1.54) is 0 Å². The van der Waals surface area contributed by atoms with E-state index < -0.39 is 0 Å². The SMILES string of the molecule is CC(NC(=O)CNC(=O)CN)c1cccc(N2CCCC2=O)c1. The third-order valence-electron chi connectivity index (χ3n) is 3.76. The summed E-state index contributed by atoms with van der Waals surface area (Å²) in [7, 11) is 0. The number of anilines is 1. The quantitative estimate of drug-likeness (QED) is 0.690. The molecular weight excluding hydrogens is 296 g/mol. The molecule has 7 heteroatoms. The molecule has 1 aliphatic heterocycles. The third-order valence-corrected chi connectivity index (χ3v) is 3.76. The number of nitrogens with one attached hydrogen (secondary N) is 2. The topological polar surface area (TPSA) is 105 Å². The molecule has 0 aromatic heterocycles. The molecule has 124 valence electrons. The van der Waals surface area contributed by atoms with E-state index in [-0.39, 0.29) is 36.9 Å². The number of nitrogens with two attached hydrogens (primary N) is 1. The van der Waals surface area contributed by atoms with Crippen molar-refractivity contribution in [1.82, 2.24) is 10.6 Å². The normalized spacial score (nSPS) is 15.4. The molecule has 2 rings (SSSR count). The van der Waals surface area contributed by atoms with Crippen LogP contribution in [0.5, 0.6) is 0 Å². The van der Waals surface area contributed by atoms with Crippen LogP contribution >= 0.6 is 0 Å². The maximum absolute atomic E-state index is 11.8. The first-order valence-electron chi connectivity index (χ1n) is 7.67. The summed E-state index contributed by atoms with van der Waals surface area (Å²) in [6.45, 7) is 2.33. The summed E-state index contributed by atoms with van der Waals surface area (Å²) in [4.78, 5) is 36.4. The van der Waals surface area contributed by atoms with Gasteiger partial charge in [0.25, 0.3) is 0 Å². The molecule has 0 bridgehead atoms. The average molecular weight is 318 g/mol. The first-order valence-corrected chi connectivity index (χ1v) is 7.67. The van der Waals surface area contributed by atoms with Gasteiger partial charge in [-0.25, -0.2) is 0 Å². The minimum absolute atomic E-state index is 0.106. The Labute approximate surface area is 135 Å². The van der Waals surface area contributed by atoms with Gasteiger partial charge in [0.05, 0.1) is 19.1 Å². The first-order chi connectivity index (χ1) is 11.0. The zero-order valence-corrected chi connectivity index (χ0v) is 13.2. The highest BCUT2D eigenvalue weighted by Crippen LogP contribution is 2.24. The van der Waals surface area contributed by atoms with Crippen LogP contribution in [0.15, 0.2) is 24.3 Å². The number of benzene rings is 1. The minimum atomic E-state index is -0.373. The van der Waals surface area contributed by atoms with Crippen molar-refractivity contribution >= 4 is 23.4 Å². The molecule has 23 heavy (non-hydrogen) atoms. The van der Waals surface area contributed by atoms with Crippen LogP contribution in [0.1, 0.15) is 31.4 Å². The predicted molar refractivity (Wildman–Crippen MR) is 86.7 cm³/mol. The van der Waals surface area contributed by atoms with Crippen LogP contribution in [0.4, 0.5) is 5.69 Å². The lowest BCUT2D eigenvalue weighted by Crippen LogP contribution is -2.40. The Balaban J connectivity index is 1.96. The van der Waals surface area contributed by atoms with Crippen molar-refractivity contribution in [2.24, 2.45) is 5.73 Å². The van der Waals surface area contributed by atoms with Crippen LogP contribution < -0.4 is 21.3 Å². The summed E-state index contributed by atoms with van der Waals surface area (Å²) in [5.41, 5.74) is 6.92. The lowest BCUT2D eigenvalue weighted by atomic mass is 10.1. The Morgan fingerprint density at radius 1 is 1.35 bits per heavy atom. The number of carbonyl (C=O) groups excluding carboxylic acids is 3. The molecule has 1 unspecified atom stereocenters. The monoisotopic (exact) mass is 318 g/mol. The maximum atomic E-state index is 11.8. The molecular formula is C16H22N4O3. The summed E-state index contributed by atoms with van der Waals surface area (Å²) >= 11 is 0. The Hall–Kier alpha value is -2.41. The predicted octanol–water partition coefficient (Wildman–Crippen LogP) is 0.0655. The minimum Gasteiger partial charge on any atom is -0.348 e. The van der Waals surface area contributed by atoms with Gasteiger partial charge in [-0.05, 0) is 31.0 Å². The highest BCUT2D eigenvalue weighted by atomic mass is 16.2. The van der Waals surface area contributed by atoms with E-state index in [4.69, 9.17) is 5.73 Å². The van der Waals surface area contributed by atoms with Crippen molar-refractivity contribution in [1.29, 1.82) is 0 Å². The molecule has 0 radical (unpaired) electrons. The second-order valence-electron chi connectivity index (χ2n) is 5.51. The van der Waals surface area contributed by atoms with Crippen molar-refractivity contribution in [3.63, 3.8) is 0 Å². The highest BCUT2D eigenvalue weighted by molar-refractivity contribution is 5.95. The number of hydrogen-bond acceptors (Lipinski definition) is 4. The van der Waals surface area contributed by atoms with Crippen LogP contribution in [0, 0.1) is 0 Å². The van der Waals surface area contributed by atoms with Crippen LogP contribution in [-0.2, 0) is 14.4 Å². The van der Waals surface area contributed by atoms with E-state index >= 15 is 0 Å². The number of amides is 3. The fourth-order valence-corrected chi connectivity index (χ4v) is 2.51. The molecule has 0 saturated carbocycles. The number of rotatable bonds is 6. The van der Waals surface area contributed by atoms with Gasteiger partial charge in [0.2, 0.25) is 17.7 Å². The number of nitrogens with zero attached hydrogens (tertiary/aromatic N) is 1. The lowest BCUT2D eigenvalue weighted by Gasteiger charge is -2.19. The van der Waals surface area contributed by atoms with E-state index in [9.17, 15) is 14.4 Å². The molecule has 1 fully saturated rings. The molecule has 4 N–H and O–H groups in total. The van der Waals surface area contributed by atoms with Crippen molar-refractivity contribution in [3.05, 3.63) is 29.8 Å². The van der Waals surface area contributed by atoms with E-state index in [2.05, 4.69) is 10.6 Å².